The molecule has 22 heavy (non-hydrogen) atoms. The van der Waals surface area contributed by atoms with Crippen LogP contribution < -0.4 is 15.8 Å². The Morgan fingerprint density at radius 2 is 2.00 bits per heavy atom. The lowest BCUT2D eigenvalue weighted by Gasteiger charge is -2.18. The number of hydrogen-bond donors (Lipinski definition) is 2. The van der Waals surface area contributed by atoms with Crippen molar-refractivity contribution < 1.29 is 19.1 Å². The predicted octanol–water partition coefficient (Wildman–Crippen LogP) is 0.0974. The van der Waals surface area contributed by atoms with Gasteiger partial charge in [-0.2, -0.15) is 5.10 Å². The molecule has 3 N–H and O–H groups in total. The van der Waals surface area contributed by atoms with Crippen LogP contribution in [-0.4, -0.2) is 42.1 Å². The number of nitrogens with zero attached hydrogens (tertiary/aromatic N) is 2. The molecule has 0 spiro atoms. The third kappa shape index (κ3) is 4.05. The number of carbonyl (C=O) groups is 3. The molecule has 0 unspecified atom stereocenters. The van der Waals surface area contributed by atoms with Gasteiger partial charge in [0.05, 0.1) is 0 Å². The lowest BCUT2D eigenvalue weighted by Crippen LogP contribution is -2.34. The number of rotatable bonds is 5. The molecule has 8 heteroatoms. The summed E-state index contributed by atoms with van der Waals surface area (Å²) in [5, 5.41) is 7.79. The molecule has 0 aromatic heterocycles. The van der Waals surface area contributed by atoms with Crippen molar-refractivity contribution >= 4 is 29.1 Å². The maximum absolute atomic E-state index is 12.0. The Hall–Kier alpha value is -2.90. The molecule has 0 atom stereocenters. The molecular formula is C14H16N4O4. The van der Waals surface area contributed by atoms with Crippen LogP contribution in [-0.2, 0) is 14.4 Å². The van der Waals surface area contributed by atoms with Gasteiger partial charge in [0.2, 0.25) is 5.91 Å². The number of hydrogen-bond acceptors (Lipinski definition) is 5. The molecule has 2 rings (SSSR count). The molecule has 0 bridgehead atoms. The summed E-state index contributed by atoms with van der Waals surface area (Å²) in [4.78, 5) is 34.0. The maximum Gasteiger partial charge on any atom is 0.271 e. The number of ether oxygens (including phenoxy) is 1. The van der Waals surface area contributed by atoms with Crippen LogP contribution in [0.3, 0.4) is 0 Å². The standard InChI is InChI=1S/C14H16N4O4/c1-18-13(20)7-6-11(17-18)14(21)16-9-2-4-10(5-3-9)22-8-12(15)19/h2-5H,6-8H2,1H3,(H2,15,19)(H,16,21). The normalized spacial score (nSPS) is 14.3. The summed E-state index contributed by atoms with van der Waals surface area (Å²) >= 11 is 0. The van der Waals surface area contributed by atoms with Crippen LogP contribution >= 0.6 is 0 Å². The van der Waals surface area contributed by atoms with Crippen molar-refractivity contribution in [1.82, 2.24) is 5.01 Å². The number of anilines is 1. The minimum Gasteiger partial charge on any atom is -0.484 e. The fraction of sp³-hybridized carbons (Fsp3) is 0.286. The Morgan fingerprint density at radius 1 is 1.32 bits per heavy atom. The summed E-state index contributed by atoms with van der Waals surface area (Å²) < 4.78 is 5.11. The van der Waals surface area contributed by atoms with Gasteiger partial charge in [-0.05, 0) is 24.3 Å². The molecule has 0 radical (unpaired) electrons. The van der Waals surface area contributed by atoms with Gasteiger partial charge >= 0.3 is 0 Å². The molecule has 0 aliphatic carbocycles. The van der Waals surface area contributed by atoms with E-state index in [2.05, 4.69) is 10.4 Å². The largest absolute Gasteiger partial charge is 0.484 e. The number of amides is 3. The maximum atomic E-state index is 12.0. The lowest BCUT2D eigenvalue weighted by molar-refractivity contribution is -0.130. The first kappa shape index (κ1) is 15.5. The molecule has 0 fully saturated rings. The van der Waals surface area contributed by atoms with E-state index in [0.717, 1.165) is 0 Å². The number of nitrogens with two attached hydrogens (primary N) is 1. The monoisotopic (exact) mass is 304 g/mol. The molecule has 1 heterocycles. The molecule has 1 aromatic rings. The highest BCUT2D eigenvalue weighted by molar-refractivity contribution is 6.43. The van der Waals surface area contributed by atoms with Crippen molar-refractivity contribution in [2.24, 2.45) is 10.8 Å². The summed E-state index contributed by atoms with van der Waals surface area (Å²) in [5.41, 5.74) is 5.83. The van der Waals surface area contributed by atoms with Gasteiger partial charge < -0.3 is 15.8 Å². The first-order valence-electron chi connectivity index (χ1n) is 6.62. The lowest BCUT2D eigenvalue weighted by atomic mass is 10.1. The third-order valence-corrected chi connectivity index (χ3v) is 2.96. The molecule has 0 saturated carbocycles. The molecular weight excluding hydrogens is 288 g/mol. The van der Waals surface area contributed by atoms with Crippen molar-refractivity contribution in [2.75, 3.05) is 19.0 Å². The van der Waals surface area contributed by atoms with Crippen molar-refractivity contribution in [3.05, 3.63) is 24.3 Å². The Balaban J connectivity index is 1.96. The van der Waals surface area contributed by atoms with E-state index < -0.39 is 5.91 Å². The summed E-state index contributed by atoms with van der Waals surface area (Å²) in [6.45, 7) is -0.205. The van der Waals surface area contributed by atoms with Gasteiger partial charge in [0, 0.05) is 25.6 Å². The third-order valence-electron chi connectivity index (χ3n) is 2.96. The number of nitrogens with one attached hydrogen (secondary N) is 1. The van der Waals surface area contributed by atoms with Gasteiger partial charge in [-0.3, -0.25) is 14.4 Å². The van der Waals surface area contributed by atoms with E-state index >= 15 is 0 Å². The van der Waals surface area contributed by atoms with E-state index in [1.807, 2.05) is 0 Å². The van der Waals surface area contributed by atoms with Crippen LogP contribution in [0.2, 0.25) is 0 Å². The van der Waals surface area contributed by atoms with Crippen molar-refractivity contribution in [3.8, 4) is 5.75 Å². The smallest absolute Gasteiger partial charge is 0.271 e. The van der Waals surface area contributed by atoms with Crippen LogP contribution in [0.4, 0.5) is 5.69 Å². The summed E-state index contributed by atoms with van der Waals surface area (Å²) in [6, 6.07) is 6.48. The van der Waals surface area contributed by atoms with Gasteiger partial charge in [0.25, 0.3) is 11.8 Å². The van der Waals surface area contributed by atoms with Crippen molar-refractivity contribution in [1.29, 1.82) is 0 Å². The van der Waals surface area contributed by atoms with Crippen LogP contribution in [0.25, 0.3) is 0 Å². The molecule has 116 valence electrons. The molecule has 1 aliphatic heterocycles. The zero-order chi connectivity index (χ0) is 16.1. The zero-order valence-electron chi connectivity index (χ0n) is 12.0. The minimum atomic E-state index is -0.564. The van der Waals surface area contributed by atoms with Crippen LogP contribution in [0.15, 0.2) is 29.4 Å². The van der Waals surface area contributed by atoms with Gasteiger partial charge in [-0.25, -0.2) is 5.01 Å². The Kier molecular flexibility index (Phi) is 4.72. The summed E-state index contributed by atoms with van der Waals surface area (Å²) in [5.74, 6) is -0.568. The van der Waals surface area contributed by atoms with Gasteiger partial charge in [-0.1, -0.05) is 0 Å². The average molecular weight is 304 g/mol. The topological polar surface area (TPSA) is 114 Å². The quantitative estimate of drug-likeness (QED) is 0.802. The van der Waals surface area contributed by atoms with E-state index in [1.54, 1.807) is 24.3 Å². The van der Waals surface area contributed by atoms with E-state index in [-0.39, 0.29) is 24.8 Å². The second kappa shape index (κ2) is 6.70. The molecule has 0 saturated heterocycles. The van der Waals surface area contributed by atoms with Gasteiger partial charge in [0.1, 0.15) is 11.5 Å². The average Bonchev–Trinajstić information content (AvgIpc) is 2.49. The van der Waals surface area contributed by atoms with E-state index in [4.69, 9.17) is 10.5 Å². The first-order chi connectivity index (χ1) is 10.5. The van der Waals surface area contributed by atoms with E-state index in [0.29, 0.717) is 23.6 Å². The SMILES string of the molecule is CN1N=C(C(=O)Nc2ccc(OCC(N)=O)cc2)CCC1=O. The molecule has 8 nitrogen and oxygen atoms in total. The highest BCUT2D eigenvalue weighted by atomic mass is 16.5. The number of hydrazone groups is 1. The molecule has 1 aromatic carbocycles. The predicted molar refractivity (Wildman–Crippen MR) is 79.2 cm³/mol. The summed E-state index contributed by atoms with van der Waals surface area (Å²) in [6.07, 6.45) is 0.581. The highest BCUT2D eigenvalue weighted by Gasteiger charge is 2.21. The van der Waals surface area contributed by atoms with Crippen LogP contribution in [0.1, 0.15) is 12.8 Å². The molecule has 3 amide bonds. The fourth-order valence-electron chi connectivity index (χ4n) is 1.83. The number of carbonyl (C=O) groups excluding carboxylic acids is 3. The Labute approximate surface area is 126 Å². The zero-order valence-corrected chi connectivity index (χ0v) is 12.0. The second-order valence-electron chi connectivity index (χ2n) is 4.70. The van der Waals surface area contributed by atoms with Crippen LogP contribution in [0.5, 0.6) is 5.75 Å². The fourth-order valence-corrected chi connectivity index (χ4v) is 1.83. The summed E-state index contributed by atoms with van der Waals surface area (Å²) in [7, 11) is 1.51. The van der Waals surface area contributed by atoms with Crippen LogP contribution in [0, 0.1) is 0 Å². The van der Waals surface area contributed by atoms with Gasteiger partial charge in [0.15, 0.2) is 6.61 Å². The Morgan fingerprint density at radius 3 is 2.59 bits per heavy atom. The van der Waals surface area contributed by atoms with Gasteiger partial charge in [-0.15, -0.1) is 0 Å². The Bertz CT molecular complexity index is 624. The van der Waals surface area contributed by atoms with E-state index in [1.165, 1.54) is 12.1 Å². The number of primary amides is 1. The minimum absolute atomic E-state index is 0.118. The number of benzene rings is 1. The first-order valence-corrected chi connectivity index (χ1v) is 6.62. The van der Waals surface area contributed by atoms with Crippen molar-refractivity contribution in [3.63, 3.8) is 0 Å². The molecule has 1 aliphatic rings. The van der Waals surface area contributed by atoms with E-state index in [9.17, 15) is 14.4 Å². The second-order valence-corrected chi connectivity index (χ2v) is 4.70. The van der Waals surface area contributed by atoms with Crippen molar-refractivity contribution in [2.45, 2.75) is 12.8 Å². The highest BCUT2D eigenvalue weighted by Crippen LogP contribution is 2.16.